The quantitative estimate of drug-likeness (QED) is 0.396. The van der Waals surface area contributed by atoms with E-state index in [9.17, 15) is 18.0 Å². The predicted molar refractivity (Wildman–Crippen MR) is 145 cm³/mol. The summed E-state index contributed by atoms with van der Waals surface area (Å²) < 4.78 is 50.1. The molecule has 208 valence electrons. The highest BCUT2D eigenvalue weighted by atomic mass is 32.1. The van der Waals surface area contributed by atoms with Gasteiger partial charge in [-0.3, -0.25) is 4.79 Å². The molecule has 0 bridgehead atoms. The number of halogens is 3. The maximum absolute atomic E-state index is 13.2. The average Bonchev–Trinajstić information content (AvgIpc) is 3.47. The number of carbonyl (C=O) groups excluding carboxylic acids is 1. The molecule has 0 spiro atoms. The van der Waals surface area contributed by atoms with Gasteiger partial charge < -0.3 is 24.2 Å². The van der Waals surface area contributed by atoms with E-state index in [0.29, 0.717) is 37.6 Å². The Labute approximate surface area is 229 Å². The fraction of sp³-hybridized carbons (Fsp3) is 0.429. The molecule has 0 radical (unpaired) electrons. The van der Waals surface area contributed by atoms with Crippen LogP contribution in [0.4, 0.5) is 24.5 Å². The predicted octanol–water partition coefficient (Wildman–Crippen LogP) is 5.53. The van der Waals surface area contributed by atoms with Crippen molar-refractivity contribution in [3.63, 3.8) is 0 Å². The van der Waals surface area contributed by atoms with Crippen LogP contribution < -0.4 is 19.3 Å². The topological polar surface area (TPSA) is 58.1 Å². The second-order valence-corrected chi connectivity index (χ2v) is 10.6. The van der Waals surface area contributed by atoms with E-state index in [-0.39, 0.29) is 11.8 Å². The first-order valence-corrected chi connectivity index (χ1v) is 13.8. The molecule has 1 amide bonds. The Morgan fingerprint density at radius 2 is 1.69 bits per heavy atom. The highest BCUT2D eigenvalue weighted by Crippen LogP contribution is 2.37. The summed E-state index contributed by atoms with van der Waals surface area (Å²) >= 11 is 1.52. The molecule has 2 fully saturated rings. The summed E-state index contributed by atoms with van der Waals surface area (Å²) in [6.45, 7) is 3.52. The van der Waals surface area contributed by atoms with Crippen LogP contribution in [0, 0.1) is 0 Å². The molecule has 3 heterocycles. The molecule has 2 aromatic carbocycles. The lowest BCUT2D eigenvalue weighted by atomic mass is 9.97. The van der Waals surface area contributed by atoms with E-state index in [1.165, 1.54) is 23.5 Å². The number of thiazole rings is 1. The molecule has 2 aliphatic rings. The lowest BCUT2D eigenvalue weighted by Gasteiger charge is -2.36. The molecule has 0 N–H and O–H groups in total. The Hall–Kier alpha value is -3.47. The largest absolute Gasteiger partial charge is 0.497 e. The summed E-state index contributed by atoms with van der Waals surface area (Å²) in [6, 6.07) is 11.2. The van der Waals surface area contributed by atoms with Gasteiger partial charge in [-0.1, -0.05) is 6.07 Å². The molecule has 1 aromatic heterocycles. The van der Waals surface area contributed by atoms with Crippen molar-refractivity contribution in [1.29, 1.82) is 0 Å². The molecular weight excluding hydrogens is 529 g/mol. The third-order valence-electron chi connectivity index (χ3n) is 7.42. The molecule has 0 saturated carbocycles. The molecule has 2 aliphatic heterocycles. The number of carbonyl (C=O) groups is 1. The number of rotatable bonds is 6. The van der Waals surface area contributed by atoms with Crippen LogP contribution in [0.15, 0.2) is 47.8 Å². The molecule has 0 aliphatic carbocycles. The maximum Gasteiger partial charge on any atom is 0.416 e. The van der Waals surface area contributed by atoms with Gasteiger partial charge in [0.2, 0.25) is 0 Å². The Bertz CT molecular complexity index is 1300. The standard InChI is InChI=1S/C28H31F3N4O3S/c1-37-22-6-7-24(25(17-22)38-2)34-10-8-19(9-11-34)26-32-23(18-39-26)27(36)35-14-12-33(13-15-35)21-5-3-4-20(16-21)28(29,30)31/h3-7,16-19H,8-15H2,1-2H3. The monoisotopic (exact) mass is 560 g/mol. The summed E-state index contributed by atoms with van der Waals surface area (Å²) in [5.74, 6) is 1.70. The number of hydrogen-bond acceptors (Lipinski definition) is 7. The van der Waals surface area contributed by atoms with Gasteiger partial charge in [0.25, 0.3) is 5.91 Å². The number of nitrogens with zero attached hydrogens (tertiary/aromatic N) is 4. The van der Waals surface area contributed by atoms with Gasteiger partial charge in [-0.15, -0.1) is 11.3 Å². The van der Waals surface area contributed by atoms with Gasteiger partial charge in [-0.2, -0.15) is 13.2 Å². The average molecular weight is 561 g/mol. The maximum atomic E-state index is 13.2. The van der Waals surface area contributed by atoms with E-state index >= 15 is 0 Å². The molecule has 11 heteroatoms. The van der Waals surface area contributed by atoms with Crippen LogP contribution in [-0.4, -0.2) is 69.3 Å². The number of alkyl halides is 3. The number of piperazine rings is 1. The fourth-order valence-electron chi connectivity index (χ4n) is 5.20. The van der Waals surface area contributed by atoms with Crippen molar-refractivity contribution in [2.75, 3.05) is 63.3 Å². The van der Waals surface area contributed by atoms with Crippen molar-refractivity contribution < 1.29 is 27.4 Å². The number of ether oxygens (including phenoxy) is 2. The first-order valence-electron chi connectivity index (χ1n) is 12.9. The van der Waals surface area contributed by atoms with E-state index in [2.05, 4.69) is 4.90 Å². The van der Waals surface area contributed by atoms with E-state index in [1.807, 2.05) is 28.5 Å². The lowest BCUT2D eigenvalue weighted by molar-refractivity contribution is -0.137. The molecule has 2 saturated heterocycles. The molecule has 0 atom stereocenters. The van der Waals surface area contributed by atoms with Crippen molar-refractivity contribution in [3.05, 3.63) is 64.1 Å². The lowest BCUT2D eigenvalue weighted by Crippen LogP contribution is -2.49. The van der Waals surface area contributed by atoms with Crippen LogP contribution in [-0.2, 0) is 6.18 Å². The van der Waals surface area contributed by atoms with E-state index in [4.69, 9.17) is 14.5 Å². The van der Waals surface area contributed by atoms with Crippen LogP contribution in [0.1, 0.15) is 39.8 Å². The minimum atomic E-state index is -4.38. The third kappa shape index (κ3) is 5.93. The van der Waals surface area contributed by atoms with E-state index in [0.717, 1.165) is 54.2 Å². The number of hydrogen-bond donors (Lipinski definition) is 0. The van der Waals surface area contributed by atoms with Crippen molar-refractivity contribution in [3.8, 4) is 11.5 Å². The number of piperidine rings is 1. The van der Waals surface area contributed by atoms with Gasteiger partial charge in [0.05, 0.1) is 30.5 Å². The summed E-state index contributed by atoms with van der Waals surface area (Å²) in [5, 5.41) is 2.80. The number of methoxy groups -OCH3 is 2. The first-order chi connectivity index (χ1) is 18.8. The Balaban J connectivity index is 1.16. The summed E-state index contributed by atoms with van der Waals surface area (Å²) in [7, 11) is 3.29. The van der Waals surface area contributed by atoms with Gasteiger partial charge in [0.15, 0.2) is 0 Å². The SMILES string of the molecule is COc1ccc(N2CCC(c3nc(C(=O)N4CCN(c5cccc(C(F)(F)F)c5)CC4)cs3)CC2)c(OC)c1. The van der Waals surface area contributed by atoms with Crippen LogP contribution in [0.2, 0.25) is 0 Å². The van der Waals surface area contributed by atoms with Crippen LogP contribution in [0.5, 0.6) is 11.5 Å². The van der Waals surface area contributed by atoms with Gasteiger partial charge in [0.1, 0.15) is 17.2 Å². The first kappa shape index (κ1) is 27.1. The van der Waals surface area contributed by atoms with Crippen molar-refractivity contribution in [1.82, 2.24) is 9.88 Å². The number of anilines is 2. The molecule has 3 aromatic rings. The second-order valence-electron chi connectivity index (χ2n) is 9.70. The Kier molecular flexibility index (Phi) is 7.88. The smallest absolute Gasteiger partial charge is 0.416 e. The minimum absolute atomic E-state index is 0.124. The normalized spacial score (nSPS) is 16.9. The highest BCUT2D eigenvalue weighted by molar-refractivity contribution is 7.09. The number of amides is 1. The van der Waals surface area contributed by atoms with Crippen molar-refractivity contribution >= 4 is 28.6 Å². The summed E-state index contributed by atoms with van der Waals surface area (Å²) in [4.78, 5) is 23.8. The number of aromatic nitrogens is 1. The molecule has 0 unspecified atom stereocenters. The molecular formula is C28H31F3N4O3S. The highest BCUT2D eigenvalue weighted by Gasteiger charge is 2.32. The van der Waals surface area contributed by atoms with Gasteiger partial charge in [-0.25, -0.2) is 4.98 Å². The zero-order valence-corrected chi connectivity index (χ0v) is 22.7. The zero-order valence-electron chi connectivity index (χ0n) is 21.9. The zero-order chi connectivity index (χ0) is 27.6. The van der Waals surface area contributed by atoms with Gasteiger partial charge >= 0.3 is 6.18 Å². The molecule has 7 nitrogen and oxygen atoms in total. The summed E-state index contributed by atoms with van der Waals surface area (Å²) in [5.41, 5.74) is 1.34. The summed E-state index contributed by atoms with van der Waals surface area (Å²) in [6.07, 6.45) is -2.53. The number of benzene rings is 2. The molecule has 39 heavy (non-hydrogen) atoms. The van der Waals surface area contributed by atoms with Crippen LogP contribution >= 0.6 is 11.3 Å². The Morgan fingerprint density at radius 1 is 0.949 bits per heavy atom. The van der Waals surface area contributed by atoms with Gasteiger partial charge in [0, 0.05) is 62.3 Å². The van der Waals surface area contributed by atoms with Crippen molar-refractivity contribution in [2.24, 2.45) is 0 Å². The minimum Gasteiger partial charge on any atom is -0.497 e. The molecule has 5 rings (SSSR count). The second kappa shape index (κ2) is 11.3. The Morgan fingerprint density at radius 3 is 2.36 bits per heavy atom. The fourth-order valence-corrected chi connectivity index (χ4v) is 6.16. The van der Waals surface area contributed by atoms with E-state index < -0.39 is 11.7 Å². The van der Waals surface area contributed by atoms with Crippen LogP contribution in [0.25, 0.3) is 0 Å². The third-order valence-corrected chi connectivity index (χ3v) is 8.43. The van der Waals surface area contributed by atoms with E-state index in [1.54, 1.807) is 25.2 Å². The van der Waals surface area contributed by atoms with Gasteiger partial charge in [-0.05, 0) is 43.2 Å². The van der Waals surface area contributed by atoms with Crippen molar-refractivity contribution in [2.45, 2.75) is 24.9 Å². The van der Waals surface area contributed by atoms with Crippen LogP contribution in [0.3, 0.4) is 0 Å².